The van der Waals surface area contributed by atoms with E-state index in [1.165, 1.54) is 18.3 Å². The molecule has 3 rings (SSSR count). The lowest BCUT2D eigenvalue weighted by atomic mass is 10.1. The van der Waals surface area contributed by atoms with Gasteiger partial charge < -0.3 is 10.6 Å². The van der Waals surface area contributed by atoms with Gasteiger partial charge in [0.1, 0.15) is 11.6 Å². The Hall–Kier alpha value is -2.63. The summed E-state index contributed by atoms with van der Waals surface area (Å²) < 4.78 is 13.2. The molecule has 26 heavy (non-hydrogen) atoms. The van der Waals surface area contributed by atoms with Gasteiger partial charge in [0.15, 0.2) is 0 Å². The fraction of sp³-hybridized carbons (Fsp3) is 0.0526. The fourth-order valence-corrected chi connectivity index (χ4v) is 2.82. The minimum absolute atomic E-state index is 0.0764. The zero-order valence-corrected chi connectivity index (χ0v) is 15.0. The Labute approximate surface area is 160 Å². The number of hydrogen-bond donors (Lipinski definition) is 2. The van der Waals surface area contributed by atoms with Crippen LogP contribution in [-0.4, -0.2) is 10.9 Å². The second-order valence-corrected chi connectivity index (χ2v) is 6.32. The van der Waals surface area contributed by atoms with Crippen LogP contribution in [0.1, 0.15) is 5.56 Å². The molecule has 0 radical (unpaired) electrons. The van der Waals surface area contributed by atoms with Gasteiger partial charge in [-0.2, -0.15) is 0 Å². The van der Waals surface area contributed by atoms with Crippen LogP contribution in [0.5, 0.6) is 0 Å². The maximum atomic E-state index is 13.2. The predicted molar refractivity (Wildman–Crippen MR) is 103 cm³/mol. The highest BCUT2D eigenvalue weighted by Crippen LogP contribution is 2.32. The van der Waals surface area contributed by atoms with Gasteiger partial charge >= 0.3 is 0 Å². The lowest BCUT2D eigenvalue weighted by Crippen LogP contribution is -2.14. The third kappa shape index (κ3) is 4.71. The minimum atomic E-state index is -0.370. The van der Waals surface area contributed by atoms with Crippen molar-refractivity contribution in [2.24, 2.45) is 0 Å². The number of rotatable bonds is 5. The summed E-state index contributed by atoms with van der Waals surface area (Å²) in [6.07, 6.45) is 1.59. The smallest absolute Gasteiger partial charge is 0.228 e. The molecule has 4 nitrogen and oxygen atoms in total. The van der Waals surface area contributed by atoms with E-state index in [1.54, 1.807) is 42.5 Å². The van der Waals surface area contributed by atoms with Gasteiger partial charge in [-0.25, -0.2) is 9.37 Å². The molecule has 1 aromatic heterocycles. The van der Waals surface area contributed by atoms with Crippen molar-refractivity contribution in [2.45, 2.75) is 6.42 Å². The molecule has 0 aliphatic heterocycles. The summed E-state index contributed by atoms with van der Waals surface area (Å²) in [5, 5.41) is 6.71. The van der Waals surface area contributed by atoms with Crippen LogP contribution in [0.3, 0.4) is 0 Å². The summed E-state index contributed by atoms with van der Waals surface area (Å²) in [5.74, 6) is -0.0963. The average molecular weight is 390 g/mol. The quantitative estimate of drug-likeness (QED) is 0.609. The molecule has 0 bridgehead atoms. The molecule has 132 valence electrons. The number of amides is 1. The second-order valence-electron chi connectivity index (χ2n) is 5.51. The number of anilines is 3. The van der Waals surface area contributed by atoms with Gasteiger partial charge in [-0.1, -0.05) is 41.4 Å². The second kappa shape index (κ2) is 8.17. The summed E-state index contributed by atoms with van der Waals surface area (Å²) >= 11 is 12.2. The molecule has 1 amide bonds. The maximum absolute atomic E-state index is 13.2. The van der Waals surface area contributed by atoms with Gasteiger partial charge in [-0.3, -0.25) is 4.79 Å². The molecule has 0 aliphatic carbocycles. The lowest BCUT2D eigenvalue weighted by Gasteiger charge is -2.10. The van der Waals surface area contributed by atoms with Gasteiger partial charge in [0.25, 0.3) is 0 Å². The van der Waals surface area contributed by atoms with E-state index in [4.69, 9.17) is 23.2 Å². The number of pyridine rings is 1. The molecule has 2 N–H and O–H groups in total. The highest BCUT2D eigenvalue weighted by Gasteiger charge is 2.08. The highest BCUT2D eigenvalue weighted by molar-refractivity contribution is 6.39. The zero-order chi connectivity index (χ0) is 18.5. The monoisotopic (exact) mass is 389 g/mol. The molecule has 0 fully saturated rings. The first-order valence-corrected chi connectivity index (χ1v) is 8.48. The van der Waals surface area contributed by atoms with E-state index in [9.17, 15) is 9.18 Å². The van der Waals surface area contributed by atoms with Gasteiger partial charge in [0.05, 0.1) is 34.0 Å². The van der Waals surface area contributed by atoms with Crippen LogP contribution >= 0.6 is 23.2 Å². The molecule has 0 atom stereocenters. The fourth-order valence-electron chi connectivity index (χ4n) is 2.32. The molecule has 0 saturated heterocycles. The molecule has 1 heterocycles. The topological polar surface area (TPSA) is 54.0 Å². The van der Waals surface area contributed by atoms with E-state index in [1.807, 2.05) is 0 Å². The maximum Gasteiger partial charge on any atom is 0.228 e. The van der Waals surface area contributed by atoms with Crippen molar-refractivity contribution in [1.29, 1.82) is 0 Å². The van der Waals surface area contributed by atoms with Crippen molar-refractivity contribution in [3.8, 4) is 0 Å². The van der Waals surface area contributed by atoms with Gasteiger partial charge in [0, 0.05) is 0 Å². The standard InChI is InChI=1S/C19H14Cl2FN3O/c20-15-5-2-6-16(21)19(15)25-17-8-7-14(11-23-17)24-18(26)10-12-3-1-4-13(22)9-12/h1-9,11H,10H2,(H,23,25)(H,24,26). The lowest BCUT2D eigenvalue weighted by molar-refractivity contribution is -0.115. The number of para-hydroxylation sites is 1. The van der Waals surface area contributed by atoms with E-state index in [-0.39, 0.29) is 18.1 Å². The summed E-state index contributed by atoms with van der Waals surface area (Å²) in [5.41, 5.74) is 1.69. The van der Waals surface area contributed by atoms with Crippen LogP contribution in [0.4, 0.5) is 21.6 Å². The van der Waals surface area contributed by atoms with E-state index in [0.717, 1.165) is 0 Å². The number of carbonyl (C=O) groups is 1. The minimum Gasteiger partial charge on any atom is -0.338 e. The van der Waals surface area contributed by atoms with Crippen LogP contribution in [0.2, 0.25) is 10.0 Å². The Morgan fingerprint density at radius 3 is 2.42 bits per heavy atom. The van der Waals surface area contributed by atoms with Crippen molar-refractivity contribution < 1.29 is 9.18 Å². The van der Waals surface area contributed by atoms with E-state index in [2.05, 4.69) is 15.6 Å². The first kappa shape index (κ1) is 18.2. The van der Waals surface area contributed by atoms with Crippen LogP contribution in [-0.2, 0) is 11.2 Å². The molecule has 0 unspecified atom stereocenters. The summed E-state index contributed by atoms with van der Waals surface area (Å²) in [6, 6.07) is 14.5. The Balaban J connectivity index is 1.63. The average Bonchev–Trinajstić information content (AvgIpc) is 2.60. The SMILES string of the molecule is O=C(Cc1cccc(F)c1)Nc1ccc(Nc2c(Cl)cccc2Cl)nc1. The van der Waals surface area contributed by atoms with Crippen molar-refractivity contribution in [3.63, 3.8) is 0 Å². The van der Waals surface area contributed by atoms with Gasteiger partial charge in [0.2, 0.25) is 5.91 Å². The first-order valence-electron chi connectivity index (χ1n) is 7.72. The van der Waals surface area contributed by atoms with Crippen LogP contribution in [0.15, 0.2) is 60.8 Å². The van der Waals surface area contributed by atoms with E-state index >= 15 is 0 Å². The normalized spacial score (nSPS) is 10.4. The number of hydrogen-bond acceptors (Lipinski definition) is 3. The molecule has 2 aromatic carbocycles. The van der Waals surface area contributed by atoms with Gasteiger partial charge in [-0.15, -0.1) is 0 Å². The number of nitrogens with one attached hydrogen (secondary N) is 2. The third-order valence-corrected chi connectivity index (χ3v) is 4.15. The predicted octanol–water partition coefficient (Wildman–Crippen LogP) is 5.45. The largest absolute Gasteiger partial charge is 0.338 e. The number of carbonyl (C=O) groups excluding carboxylic acids is 1. The van der Waals surface area contributed by atoms with Crippen molar-refractivity contribution in [2.75, 3.05) is 10.6 Å². The van der Waals surface area contributed by atoms with Crippen molar-refractivity contribution >= 4 is 46.3 Å². The molecular formula is C19H14Cl2FN3O. The Morgan fingerprint density at radius 2 is 1.77 bits per heavy atom. The molecule has 0 spiro atoms. The van der Waals surface area contributed by atoms with E-state index < -0.39 is 0 Å². The van der Waals surface area contributed by atoms with Gasteiger partial charge in [-0.05, 0) is 42.0 Å². The number of benzene rings is 2. The molecular weight excluding hydrogens is 376 g/mol. The highest BCUT2D eigenvalue weighted by atomic mass is 35.5. The third-order valence-electron chi connectivity index (χ3n) is 3.52. The molecule has 3 aromatic rings. The molecule has 0 aliphatic rings. The number of halogens is 3. The summed E-state index contributed by atoms with van der Waals surface area (Å²) in [4.78, 5) is 16.3. The van der Waals surface area contributed by atoms with Crippen LogP contribution in [0.25, 0.3) is 0 Å². The van der Waals surface area contributed by atoms with E-state index in [0.29, 0.717) is 32.8 Å². The van der Waals surface area contributed by atoms with Crippen LogP contribution < -0.4 is 10.6 Å². The Bertz CT molecular complexity index is 912. The Kier molecular flexibility index (Phi) is 5.71. The van der Waals surface area contributed by atoms with Crippen molar-refractivity contribution in [3.05, 3.63) is 82.2 Å². The molecule has 0 saturated carbocycles. The summed E-state index contributed by atoms with van der Waals surface area (Å²) in [6.45, 7) is 0. The molecule has 7 heteroatoms. The summed E-state index contributed by atoms with van der Waals surface area (Å²) in [7, 11) is 0. The zero-order valence-electron chi connectivity index (χ0n) is 13.5. The first-order chi connectivity index (χ1) is 12.5. The van der Waals surface area contributed by atoms with Crippen LogP contribution in [0, 0.1) is 5.82 Å². The number of nitrogens with zero attached hydrogens (tertiary/aromatic N) is 1. The Morgan fingerprint density at radius 1 is 1.04 bits per heavy atom. The van der Waals surface area contributed by atoms with Crippen molar-refractivity contribution in [1.82, 2.24) is 4.98 Å². The number of aromatic nitrogens is 1.